The Morgan fingerprint density at radius 1 is 1.28 bits per heavy atom. The Bertz CT molecular complexity index is 779. The van der Waals surface area contributed by atoms with E-state index >= 15 is 0 Å². The molecule has 1 aromatic carbocycles. The lowest BCUT2D eigenvalue weighted by molar-refractivity contribution is -0.156. The second-order valence-corrected chi connectivity index (χ2v) is 6.51. The fourth-order valence-electron chi connectivity index (χ4n) is 2.80. The number of ether oxygens (including phenoxy) is 1. The lowest BCUT2D eigenvalue weighted by Crippen LogP contribution is -2.33. The van der Waals surface area contributed by atoms with Crippen molar-refractivity contribution in [3.63, 3.8) is 0 Å². The number of carbonyl (C=O) groups excluding carboxylic acids is 2. The van der Waals surface area contributed by atoms with Gasteiger partial charge in [-0.15, -0.1) is 0 Å². The molecule has 1 aromatic heterocycles. The number of esters is 1. The van der Waals surface area contributed by atoms with Gasteiger partial charge < -0.3 is 10.1 Å². The van der Waals surface area contributed by atoms with Crippen LogP contribution in [0.2, 0.25) is 0 Å². The van der Waals surface area contributed by atoms with Crippen molar-refractivity contribution in [1.29, 1.82) is 0 Å². The zero-order chi connectivity index (χ0) is 18.0. The summed E-state index contributed by atoms with van der Waals surface area (Å²) in [5, 5.41) is 7.23. The maximum Gasteiger partial charge on any atom is 0.311 e. The van der Waals surface area contributed by atoms with E-state index < -0.39 is 12.1 Å². The van der Waals surface area contributed by atoms with Gasteiger partial charge in [0.15, 0.2) is 0 Å². The van der Waals surface area contributed by atoms with Crippen LogP contribution in [0.4, 0.5) is 0 Å². The number of hydrogen-bond donors (Lipinski definition) is 1. The number of aromatic nitrogens is 2. The Morgan fingerprint density at radius 3 is 2.52 bits per heavy atom. The largest absolute Gasteiger partial charge is 0.447 e. The zero-order valence-corrected chi connectivity index (χ0v) is 14.8. The van der Waals surface area contributed by atoms with Gasteiger partial charge >= 0.3 is 5.97 Å². The minimum atomic E-state index is -0.924. The number of benzene rings is 1. The van der Waals surface area contributed by atoms with Gasteiger partial charge in [0.25, 0.3) is 5.91 Å². The standard InChI is InChI=1S/C19H23N3O3/c1-12-16(13(2)22(3)21-12)11-17(23)25-18(14-7-5-4-6-8-14)19(24)20-15-9-10-15/h4-8,15,18H,9-11H2,1-3H3,(H,20,24)/t18-/m1/s1. The van der Waals surface area contributed by atoms with E-state index in [1.807, 2.05) is 39.1 Å². The van der Waals surface area contributed by atoms with Crippen LogP contribution in [0, 0.1) is 13.8 Å². The summed E-state index contributed by atoms with van der Waals surface area (Å²) in [6.07, 6.45) is 1.14. The summed E-state index contributed by atoms with van der Waals surface area (Å²) >= 11 is 0. The summed E-state index contributed by atoms with van der Waals surface area (Å²) in [7, 11) is 1.84. The molecule has 6 heteroatoms. The van der Waals surface area contributed by atoms with Gasteiger partial charge in [0.2, 0.25) is 6.10 Å². The van der Waals surface area contributed by atoms with E-state index in [0.717, 1.165) is 29.8 Å². The molecule has 0 unspecified atom stereocenters. The molecular weight excluding hydrogens is 318 g/mol. The summed E-state index contributed by atoms with van der Waals surface area (Å²) in [6.45, 7) is 3.78. The van der Waals surface area contributed by atoms with Crippen LogP contribution in [0.15, 0.2) is 30.3 Å². The zero-order valence-electron chi connectivity index (χ0n) is 14.8. The van der Waals surface area contributed by atoms with Crippen LogP contribution in [0.25, 0.3) is 0 Å². The van der Waals surface area contributed by atoms with Crippen molar-refractivity contribution in [2.24, 2.45) is 7.05 Å². The molecule has 1 fully saturated rings. The maximum absolute atomic E-state index is 12.5. The molecular formula is C19H23N3O3. The molecule has 0 aliphatic heterocycles. The van der Waals surface area contributed by atoms with E-state index in [1.54, 1.807) is 16.8 Å². The average Bonchev–Trinajstić information content (AvgIpc) is 3.37. The highest BCUT2D eigenvalue weighted by Crippen LogP contribution is 2.24. The maximum atomic E-state index is 12.5. The van der Waals surface area contributed by atoms with Crippen molar-refractivity contribution in [2.75, 3.05) is 0 Å². The highest BCUT2D eigenvalue weighted by molar-refractivity contribution is 5.86. The van der Waals surface area contributed by atoms with Gasteiger partial charge in [-0.1, -0.05) is 30.3 Å². The second kappa shape index (κ2) is 7.09. The third kappa shape index (κ3) is 4.07. The third-order valence-electron chi connectivity index (χ3n) is 4.49. The highest BCUT2D eigenvalue weighted by Gasteiger charge is 2.31. The predicted molar refractivity (Wildman–Crippen MR) is 92.8 cm³/mol. The van der Waals surface area contributed by atoms with Gasteiger partial charge in [0.05, 0.1) is 12.1 Å². The van der Waals surface area contributed by atoms with E-state index in [4.69, 9.17) is 4.74 Å². The second-order valence-electron chi connectivity index (χ2n) is 6.51. The van der Waals surface area contributed by atoms with Crippen molar-refractivity contribution in [3.05, 3.63) is 52.8 Å². The normalized spacial score (nSPS) is 14.8. The first-order valence-corrected chi connectivity index (χ1v) is 8.49. The van der Waals surface area contributed by atoms with Crippen LogP contribution in [0.3, 0.4) is 0 Å². The van der Waals surface area contributed by atoms with Crippen LogP contribution >= 0.6 is 0 Å². The number of amides is 1. The molecule has 132 valence electrons. The number of nitrogens with zero attached hydrogens (tertiary/aromatic N) is 2. The fraction of sp³-hybridized carbons (Fsp3) is 0.421. The Morgan fingerprint density at radius 2 is 1.96 bits per heavy atom. The first-order valence-electron chi connectivity index (χ1n) is 8.49. The van der Waals surface area contributed by atoms with Gasteiger partial charge in [-0.3, -0.25) is 14.3 Å². The molecule has 1 aliphatic rings. The number of nitrogens with one attached hydrogen (secondary N) is 1. The van der Waals surface area contributed by atoms with E-state index in [-0.39, 0.29) is 18.4 Å². The van der Waals surface area contributed by atoms with Crippen LogP contribution in [0.1, 0.15) is 41.5 Å². The molecule has 3 rings (SSSR count). The monoisotopic (exact) mass is 341 g/mol. The van der Waals surface area contributed by atoms with Crippen molar-refractivity contribution >= 4 is 11.9 Å². The molecule has 1 atom stereocenters. The molecule has 0 saturated heterocycles. The first kappa shape index (κ1) is 17.2. The van der Waals surface area contributed by atoms with Gasteiger partial charge in [-0.25, -0.2) is 0 Å². The molecule has 6 nitrogen and oxygen atoms in total. The topological polar surface area (TPSA) is 73.2 Å². The van der Waals surface area contributed by atoms with Gasteiger partial charge in [0.1, 0.15) is 0 Å². The number of hydrogen-bond acceptors (Lipinski definition) is 4. The van der Waals surface area contributed by atoms with Gasteiger partial charge in [-0.05, 0) is 26.7 Å². The van der Waals surface area contributed by atoms with Gasteiger partial charge in [0, 0.05) is 29.9 Å². The summed E-state index contributed by atoms with van der Waals surface area (Å²) < 4.78 is 7.30. The summed E-state index contributed by atoms with van der Waals surface area (Å²) in [5.41, 5.74) is 3.25. The predicted octanol–water partition coefficient (Wildman–Crippen LogP) is 2.14. The van der Waals surface area contributed by atoms with Crippen LogP contribution in [-0.2, 0) is 27.8 Å². The number of carbonyl (C=O) groups is 2. The Hall–Kier alpha value is -2.63. The van der Waals surface area contributed by atoms with Crippen molar-refractivity contribution in [2.45, 2.75) is 45.3 Å². The molecule has 0 radical (unpaired) electrons. The minimum absolute atomic E-state index is 0.103. The molecule has 1 N–H and O–H groups in total. The van der Waals surface area contributed by atoms with Crippen molar-refractivity contribution < 1.29 is 14.3 Å². The number of rotatable bonds is 6. The SMILES string of the molecule is Cc1nn(C)c(C)c1CC(=O)O[C@@H](C(=O)NC1CC1)c1ccccc1. The van der Waals surface area contributed by atoms with Gasteiger partial charge in [-0.2, -0.15) is 5.10 Å². The van der Waals surface area contributed by atoms with E-state index in [2.05, 4.69) is 10.4 Å². The molecule has 1 heterocycles. The molecule has 25 heavy (non-hydrogen) atoms. The Kier molecular flexibility index (Phi) is 4.88. The Balaban J connectivity index is 1.74. The molecule has 2 aromatic rings. The quantitative estimate of drug-likeness (QED) is 0.817. The minimum Gasteiger partial charge on any atom is -0.447 e. The van der Waals surface area contributed by atoms with Crippen LogP contribution in [-0.4, -0.2) is 27.7 Å². The molecule has 0 spiro atoms. The number of aryl methyl sites for hydroxylation is 2. The first-order chi connectivity index (χ1) is 12.0. The Labute approximate surface area is 147 Å². The summed E-state index contributed by atoms with van der Waals surface area (Å²) in [4.78, 5) is 25.0. The lowest BCUT2D eigenvalue weighted by atomic mass is 10.1. The summed E-state index contributed by atoms with van der Waals surface area (Å²) in [5.74, 6) is -0.694. The van der Waals surface area contributed by atoms with Crippen molar-refractivity contribution in [1.82, 2.24) is 15.1 Å². The van der Waals surface area contributed by atoms with E-state index in [0.29, 0.717) is 5.56 Å². The average molecular weight is 341 g/mol. The third-order valence-corrected chi connectivity index (χ3v) is 4.49. The molecule has 0 bridgehead atoms. The van der Waals surface area contributed by atoms with Crippen LogP contribution < -0.4 is 5.32 Å². The summed E-state index contributed by atoms with van der Waals surface area (Å²) in [6, 6.07) is 9.33. The molecule has 1 amide bonds. The van der Waals surface area contributed by atoms with E-state index in [9.17, 15) is 9.59 Å². The smallest absolute Gasteiger partial charge is 0.311 e. The van der Waals surface area contributed by atoms with Crippen molar-refractivity contribution in [3.8, 4) is 0 Å². The fourth-order valence-corrected chi connectivity index (χ4v) is 2.80. The van der Waals surface area contributed by atoms with Crippen LogP contribution in [0.5, 0.6) is 0 Å². The molecule has 1 aliphatic carbocycles. The highest BCUT2D eigenvalue weighted by atomic mass is 16.5. The lowest BCUT2D eigenvalue weighted by Gasteiger charge is -2.18. The molecule has 1 saturated carbocycles. The van der Waals surface area contributed by atoms with E-state index in [1.165, 1.54) is 0 Å².